The summed E-state index contributed by atoms with van der Waals surface area (Å²) in [6, 6.07) is 0. The van der Waals surface area contributed by atoms with Crippen LogP contribution in [0.4, 0.5) is 0 Å². The zero-order valence-corrected chi connectivity index (χ0v) is 20.9. The van der Waals surface area contributed by atoms with Gasteiger partial charge in [-0.05, 0) is 86.9 Å². The predicted octanol–water partition coefficient (Wildman–Crippen LogP) is 8.36. The Morgan fingerprint density at radius 1 is 0.759 bits per heavy atom. The summed E-state index contributed by atoms with van der Waals surface area (Å²) in [4.78, 5) is 0. The number of fused-ring (bicyclic) bond motifs is 2. The number of nitrogens with zero attached hydrogens (tertiary/aromatic N) is 1. The van der Waals surface area contributed by atoms with Crippen LogP contribution in [0.2, 0.25) is 0 Å². The molecule has 6 atom stereocenters. The van der Waals surface area contributed by atoms with Gasteiger partial charge in [0, 0.05) is 0 Å². The maximum atomic E-state index is 3.98. The normalized spacial score (nSPS) is 39.0. The third kappa shape index (κ3) is 6.15. The molecule has 4 aliphatic carbocycles. The topological polar surface area (TPSA) is 14.1 Å². The zero-order chi connectivity index (χ0) is 19.2. The van der Waals surface area contributed by atoms with Crippen molar-refractivity contribution in [1.82, 2.24) is 0 Å². The maximum absolute atomic E-state index is 3.98. The van der Waals surface area contributed by atoms with E-state index in [2.05, 4.69) is 12.2 Å². The molecular weight excluding hydrogens is 430 g/mol. The number of hydrogen-bond acceptors (Lipinski definition) is 0. The molecule has 4 saturated carbocycles. The van der Waals surface area contributed by atoms with Crippen LogP contribution in [-0.4, -0.2) is 0 Å². The van der Waals surface area contributed by atoms with Gasteiger partial charge in [-0.3, -0.25) is 0 Å². The molecule has 0 spiro atoms. The first kappa shape index (κ1) is 23.4. The van der Waals surface area contributed by atoms with Gasteiger partial charge in [0.05, 0.1) is 0 Å². The van der Waals surface area contributed by atoms with Gasteiger partial charge in [0.2, 0.25) is 0 Å². The summed E-state index contributed by atoms with van der Waals surface area (Å²) >= 11 is 0. The van der Waals surface area contributed by atoms with Crippen molar-refractivity contribution in [3.05, 3.63) is 48.4 Å². The second-order valence-electron chi connectivity index (χ2n) is 10.1. The van der Waals surface area contributed by atoms with E-state index in [9.17, 15) is 0 Å². The SMILES string of the molecule is C1CCC2C(C1)CCC2CCC1CCC2CCCCC21.[CH2-]/C=C1/C=CC=C[N-]1.[Zr+4]. The third-order valence-corrected chi connectivity index (χ3v) is 8.77. The van der Waals surface area contributed by atoms with Crippen molar-refractivity contribution in [2.75, 3.05) is 0 Å². The zero-order valence-electron chi connectivity index (χ0n) is 18.4. The van der Waals surface area contributed by atoms with Gasteiger partial charge in [-0.25, -0.2) is 13.0 Å². The van der Waals surface area contributed by atoms with E-state index in [0.717, 1.165) is 41.2 Å². The van der Waals surface area contributed by atoms with E-state index in [4.69, 9.17) is 0 Å². The summed E-state index contributed by atoms with van der Waals surface area (Å²) < 4.78 is 0. The maximum Gasteiger partial charge on any atom is 4.00 e. The second kappa shape index (κ2) is 12.0. The van der Waals surface area contributed by atoms with Gasteiger partial charge in [-0.2, -0.15) is 12.3 Å². The number of allylic oxidation sites excluding steroid dienone is 4. The molecule has 4 fully saturated rings. The molecule has 156 valence electrons. The van der Waals surface area contributed by atoms with Gasteiger partial charge < -0.3 is 11.0 Å². The minimum atomic E-state index is 0. The molecule has 1 heterocycles. The van der Waals surface area contributed by atoms with Crippen LogP contribution in [0.15, 0.2) is 36.2 Å². The Labute approximate surface area is 199 Å². The molecule has 0 aromatic heterocycles. The van der Waals surface area contributed by atoms with Crippen LogP contribution in [-0.2, 0) is 26.2 Å². The smallest absolute Gasteiger partial charge is 0.749 e. The molecule has 0 bridgehead atoms. The van der Waals surface area contributed by atoms with E-state index in [1.807, 2.05) is 18.2 Å². The first-order valence-electron chi connectivity index (χ1n) is 12.4. The van der Waals surface area contributed by atoms with E-state index in [-0.39, 0.29) is 26.2 Å². The van der Waals surface area contributed by atoms with Gasteiger partial charge >= 0.3 is 26.2 Å². The Morgan fingerprint density at radius 2 is 1.31 bits per heavy atom. The molecule has 29 heavy (non-hydrogen) atoms. The quantitative estimate of drug-likeness (QED) is 0.368. The van der Waals surface area contributed by atoms with E-state index in [1.165, 1.54) is 0 Å². The Hall–Kier alpha value is -0.227. The fourth-order valence-electron chi connectivity index (χ4n) is 7.36. The molecule has 0 amide bonds. The summed E-state index contributed by atoms with van der Waals surface area (Å²) in [5, 5.41) is 3.98. The van der Waals surface area contributed by atoms with Crippen LogP contribution in [0.1, 0.15) is 89.9 Å². The van der Waals surface area contributed by atoms with Gasteiger partial charge in [0.15, 0.2) is 0 Å². The van der Waals surface area contributed by atoms with Gasteiger partial charge in [-0.1, -0.05) is 50.7 Å². The van der Waals surface area contributed by atoms with Crippen LogP contribution in [0.3, 0.4) is 0 Å². The van der Waals surface area contributed by atoms with Crippen molar-refractivity contribution in [1.29, 1.82) is 0 Å². The molecule has 6 unspecified atom stereocenters. The molecular formula is C27H41NZr+2. The molecule has 0 saturated heterocycles. The fraction of sp³-hybridized carbons (Fsp3) is 0.741. The summed E-state index contributed by atoms with van der Waals surface area (Å²) in [6.07, 6.45) is 31.3. The van der Waals surface area contributed by atoms with Crippen LogP contribution in [0.25, 0.3) is 5.32 Å². The molecule has 0 aromatic carbocycles. The summed E-state index contributed by atoms with van der Waals surface area (Å²) in [5.74, 6) is 6.91. The second-order valence-corrected chi connectivity index (χ2v) is 10.1. The summed E-state index contributed by atoms with van der Waals surface area (Å²) in [7, 11) is 0. The molecule has 0 aromatic rings. The first-order chi connectivity index (χ1) is 13.8. The van der Waals surface area contributed by atoms with Crippen LogP contribution in [0, 0.1) is 42.4 Å². The van der Waals surface area contributed by atoms with E-state index >= 15 is 0 Å². The van der Waals surface area contributed by atoms with Crippen molar-refractivity contribution >= 4 is 0 Å². The Bertz CT molecular complexity index is 545. The Kier molecular flexibility index (Phi) is 9.68. The largest absolute Gasteiger partial charge is 4.00 e. The minimum absolute atomic E-state index is 0. The van der Waals surface area contributed by atoms with Gasteiger partial charge in [0.25, 0.3) is 0 Å². The number of rotatable bonds is 3. The van der Waals surface area contributed by atoms with Crippen molar-refractivity contribution in [3.63, 3.8) is 0 Å². The fourth-order valence-corrected chi connectivity index (χ4v) is 7.36. The van der Waals surface area contributed by atoms with Gasteiger partial charge in [-0.15, -0.1) is 0 Å². The van der Waals surface area contributed by atoms with E-state index in [0.29, 0.717) is 0 Å². The Balaban J connectivity index is 0.000000228. The molecule has 5 aliphatic rings. The average molecular weight is 471 g/mol. The molecule has 0 radical (unpaired) electrons. The third-order valence-electron chi connectivity index (χ3n) is 8.77. The van der Waals surface area contributed by atoms with E-state index in [1.54, 1.807) is 102 Å². The summed E-state index contributed by atoms with van der Waals surface area (Å²) in [5.41, 5.74) is 0.924. The van der Waals surface area contributed by atoms with Crippen molar-refractivity contribution in [2.24, 2.45) is 35.5 Å². The number of hydrogen-bond donors (Lipinski definition) is 0. The van der Waals surface area contributed by atoms with Crippen LogP contribution >= 0.6 is 0 Å². The minimum Gasteiger partial charge on any atom is -0.749 e. The molecule has 1 nitrogen and oxygen atoms in total. The molecule has 0 N–H and O–H groups in total. The monoisotopic (exact) mass is 469 g/mol. The predicted molar refractivity (Wildman–Crippen MR) is 121 cm³/mol. The van der Waals surface area contributed by atoms with Crippen molar-refractivity contribution < 1.29 is 26.2 Å². The van der Waals surface area contributed by atoms with Crippen molar-refractivity contribution in [2.45, 2.75) is 89.9 Å². The summed E-state index contributed by atoms with van der Waals surface area (Å²) in [6.45, 7) is 3.57. The first-order valence-corrected chi connectivity index (χ1v) is 12.4. The Morgan fingerprint density at radius 3 is 1.76 bits per heavy atom. The standard InChI is InChI=1S/C20H34.C7H7N.Zr/c1-3-7-19-15(5-1)9-11-17(19)13-14-18-12-10-16-6-2-4-8-20(16)18;1-2-7-5-3-4-6-8-7;/h15-20H,1-14H2;2-6H,1H2;/q;-2;+4/b;7-2-;. The van der Waals surface area contributed by atoms with Crippen LogP contribution < -0.4 is 0 Å². The molecule has 2 heteroatoms. The molecule has 5 rings (SSSR count). The average Bonchev–Trinajstić information content (AvgIpc) is 3.37. The molecule has 1 aliphatic heterocycles. The van der Waals surface area contributed by atoms with E-state index < -0.39 is 0 Å². The van der Waals surface area contributed by atoms with Gasteiger partial charge in [0.1, 0.15) is 0 Å². The van der Waals surface area contributed by atoms with Crippen LogP contribution in [0.5, 0.6) is 0 Å². The van der Waals surface area contributed by atoms with Crippen molar-refractivity contribution in [3.8, 4) is 0 Å².